The van der Waals surface area contributed by atoms with E-state index in [1.807, 2.05) is 6.92 Å². The normalized spacial score (nSPS) is 19.0. The van der Waals surface area contributed by atoms with Gasteiger partial charge in [0, 0.05) is 59.8 Å². The lowest BCUT2D eigenvalue weighted by Crippen LogP contribution is -2.34. The Bertz CT molecular complexity index is 696. The van der Waals surface area contributed by atoms with Crippen LogP contribution < -0.4 is 0 Å². The van der Waals surface area contributed by atoms with Gasteiger partial charge in [0.15, 0.2) is 5.66 Å². The summed E-state index contributed by atoms with van der Waals surface area (Å²) in [4.78, 5) is 51.5. The lowest BCUT2D eigenvalue weighted by molar-refractivity contribution is -0.197. The summed E-state index contributed by atoms with van der Waals surface area (Å²) < 4.78 is 11.9. The number of imide groups is 1. The standard InChI is InChI=1S/C18H27N3O6S/c1-17(2,10-9-16(25)27-21-14(23)6-7-15(21)24)28(26)12-4-5-13(22)8-11-18(3)19-20-18/h4-12H2,1-3H3. The Kier molecular flexibility index (Phi) is 7.19. The van der Waals surface area contributed by atoms with Crippen LogP contribution in [0, 0.1) is 0 Å². The van der Waals surface area contributed by atoms with E-state index in [-0.39, 0.29) is 37.1 Å². The molecule has 2 heterocycles. The largest absolute Gasteiger partial charge is 0.333 e. The number of ketones is 1. The summed E-state index contributed by atoms with van der Waals surface area (Å²) in [6, 6.07) is 0. The van der Waals surface area contributed by atoms with Crippen LogP contribution in [0.15, 0.2) is 10.2 Å². The Labute approximate surface area is 166 Å². The van der Waals surface area contributed by atoms with Crippen LogP contribution in [0.1, 0.15) is 72.1 Å². The molecule has 1 atom stereocenters. The van der Waals surface area contributed by atoms with Gasteiger partial charge in [-0.1, -0.05) is 0 Å². The van der Waals surface area contributed by atoms with Gasteiger partial charge < -0.3 is 4.84 Å². The molecule has 2 amide bonds. The maximum absolute atomic E-state index is 12.5. The molecule has 2 rings (SSSR count). The number of rotatable bonds is 12. The van der Waals surface area contributed by atoms with Gasteiger partial charge in [0.25, 0.3) is 11.8 Å². The number of Topliss-reactive ketones (excluding diaryl/α,β-unsaturated/α-hetero) is 1. The molecule has 0 radical (unpaired) electrons. The molecule has 156 valence electrons. The average molecular weight is 413 g/mol. The summed E-state index contributed by atoms with van der Waals surface area (Å²) in [7, 11) is -1.23. The molecule has 0 bridgehead atoms. The number of nitrogens with zero attached hydrogens (tertiary/aromatic N) is 3. The fourth-order valence-corrected chi connectivity index (χ4v) is 3.97. The van der Waals surface area contributed by atoms with Gasteiger partial charge in [0.1, 0.15) is 5.78 Å². The second-order valence-electron chi connectivity index (χ2n) is 7.91. The molecule has 0 saturated carbocycles. The number of carbonyl (C=O) groups excluding carboxylic acids is 4. The quantitative estimate of drug-likeness (QED) is 0.452. The highest BCUT2D eigenvalue weighted by Crippen LogP contribution is 2.32. The van der Waals surface area contributed by atoms with Gasteiger partial charge in [0.2, 0.25) is 0 Å². The molecule has 2 aliphatic rings. The molecule has 10 heteroatoms. The lowest BCUT2D eigenvalue weighted by Gasteiger charge is -2.23. The smallest absolute Gasteiger partial charge is 0.330 e. The number of hydroxylamine groups is 2. The van der Waals surface area contributed by atoms with Gasteiger partial charge in [-0.3, -0.25) is 18.6 Å². The lowest BCUT2D eigenvalue weighted by atomic mass is 10.1. The first-order valence-electron chi connectivity index (χ1n) is 9.43. The molecular formula is C18H27N3O6S. The highest BCUT2D eigenvalue weighted by Gasteiger charge is 2.35. The van der Waals surface area contributed by atoms with Crippen molar-refractivity contribution in [3.8, 4) is 0 Å². The first-order valence-corrected chi connectivity index (χ1v) is 10.8. The zero-order valence-electron chi connectivity index (χ0n) is 16.6. The Morgan fingerprint density at radius 3 is 2.32 bits per heavy atom. The zero-order valence-corrected chi connectivity index (χ0v) is 17.4. The highest BCUT2D eigenvalue weighted by atomic mass is 32.2. The molecule has 1 fully saturated rings. The van der Waals surface area contributed by atoms with Crippen molar-refractivity contribution in [2.24, 2.45) is 10.2 Å². The molecule has 0 aromatic heterocycles. The SMILES string of the molecule is CC1(CCC(=O)CCCS(=O)C(C)(C)CCC(=O)ON2C(=O)CCC2=O)N=N1. The van der Waals surface area contributed by atoms with Crippen molar-refractivity contribution in [3.05, 3.63) is 0 Å². The van der Waals surface area contributed by atoms with E-state index >= 15 is 0 Å². The molecule has 2 aliphatic heterocycles. The van der Waals surface area contributed by atoms with Crippen LogP contribution in [0.25, 0.3) is 0 Å². The average Bonchev–Trinajstić information content (AvgIpc) is 3.30. The third-order valence-electron chi connectivity index (χ3n) is 4.85. The van der Waals surface area contributed by atoms with Crippen molar-refractivity contribution in [1.82, 2.24) is 5.06 Å². The van der Waals surface area contributed by atoms with Gasteiger partial charge >= 0.3 is 5.97 Å². The van der Waals surface area contributed by atoms with E-state index in [4.69, 9.17) is 4.84 Å². The number of amides is 2. The van der Waals surface area contributed by atoms with Crippen LogP contribution in [-0.2, 0) is 34.8 Å². The Morgan fingerprint density at radius 2 is 1.75 bits per heavy atom. The van der Waals surface area contributed by atoms with Crippen molar-refractivity contribution < 1.29 is 28.2 Å². The van der Waals surface area contributed by atoms with E-state index < -0.39 is 33.3 Å². The van der Waals surface area contributed by atoms with Gasteiger partial charge in [-0.25, -0.2) is 4.79 Å². The molecule has 0 spiro atoms. The molecule has 0 aliphatic carbocycles. The van der Waals surface area contributed by atoms with Gasteiger partial charge in [-0.15, -0.1) is 5.06 Å². The molecule has 1 unspecified atom stereocenters. The van der Waals surface area contributed by atoms with E-state index in [1.165, 1.54) is 0 Å². The van der Waals surface area contributed by atoms with Crippen LogP contribution in [0.3, 0.4) is 0 Å². The molecule has 28 heavy (non-hydrogen) atoms. The first-order chi connectivity index (χ1) is 13.0. The van der Waals surface area contributed by atoms with E-state index in [0.717, 1.165) is 0 Å². The fraction of sp³-hybridized carbons (Fsp3) is 0.778. The molecule has 1 saturated heterocycles. The minimum absolute atomic E-state index is 0.0448. The van der Waals surface area contributed by atoms with Crippen molar-refractivity contribution in [3.63, 3.8) is 0 Å². The summed E-state index contributed by atoms with van der Waals surface area (Å²) in [6.07, 6.45) is 2.22. The summed E-state index contributed by atoms with van der Waals surface area (Å²) in [6.45, 7) is 5.43. The molecule has 0 N–H and O–H groups in total. The summed E-state index contributed by atoms with van der Waals surface area (Å²) in [5, 5.41) is 8.25. The maximum atomic E-state index is 12.5. The van der Waals surface area contributed by atoms with Crippen molar-refractivity contribution in [2.45, 2.75) is 82.5 Å². The fourth-order valence-electron chi connectivity index (χ4n) is 2.69. The van der Waals surface area contributed by atoms with Crippen molar-refractivity contribution in [1.29, 1.82) is 0 Å². The first kappa shape index (κ1) is 22.3. The van der Waals surface area contributed by atoms with E-state index in [2.05, 4.69) is 10.2 Å². The van der Waals surface area contributed by atoms with Gasteiger partial charge in [-0.05, 0) is 33.6 Å². The predicted molar refractivity (Wildman–Crippen MR) is 100 cm³/mol. The summed E-state index contributed by atoms with van der Waals surface area (Å²) in [5.41, 5.74) is -0.376. The monoisotopic (exact) mass is 413 g/mol. The van der Waals surface area contributed by atoms with Crippen LogP contribution >= 0.6 is 0 Å². The number of carbonyl (C=O) groups is 4. The van der Waals surface area contributed by atoms with E-state index in [0.29, 0.717) is 36.5 Å². The molecular weight excluding hydrogens is 386 g/mol. The second kappa shape index (κ2) is 9.02. The maximum Gasteiger partial charge on any atom is 0.333 e. The Hall–Kier alpha value is -1.97. The third kappa shape index (κ3) is 6.57. The summed E-state index contributed by atoms with van der Waals surface area (Å²) >= 11 is 0. The summed E-state index contributed by atoms with van der Waals surface area (Å²) in [5.74, 6) is -1.28. The van der Waals surface area contributed by atoms with Crippen LogP contribution in [0.5, 0.6) is 0 Å². The van der Waals surface area contributed by atoms with Crippen molar-refractivity contribution in [2.75, 3.05) is 5.75 Å². The third-order valence-corrected chi connectivity index (χ3v) is 6.95. The molecule has 0 aromatic carbocycles. The minimum atomic E-state index is -1.23. The van der Waals surface area contributed by atoms with Crippen LogP contribution in [-0.4, -0.2) is 49.0 Å². The van der Waals surface area contributed by atoms with E-state index in [9.17, 15) is 23.4 Å². The van der Waals surface area contributed by atoms with E-state index in [1.54, 1.807) is 13.8 Å². The topological polar surface area (TPSA) is 123 Å². The predicted octanol–water partition coefficient (Wildman–Crippen LogP) is 2.21. The van der Waals surface area contributed by atoms with Crippen molar-refractivity contribution >= 4 is 34.4 Å². The molecule has 9 nitrogen and oxygen atoms in total. The van der Waals surface area contributed by atoms with Gasteiger partial charge in [-0.2, -0.15) is 10.2 Å². The minimum Gasteiger partial charge on any atom is -0.330 e. The Morgan fingerprint density at radius 1 is 1.14 bits per heavy atom. The number of hydrogen-bond donors (Lipinski definition) is 0. The number of hydrogen-bond acceptors (Lipinski definition) is 8. The van der Waals surface area contributed by atoms with Crippen LogP contribution in [0.4, 0.5) is 0 Å². The second-order valence-corrected chi connectivity index (χ2v) is 10.1. The zero-order chi connectivity index (χ0) is 20.9. The molecule has 0 aromatic rings. The Balaban J connectivity index is 1.65. The highest BCUT2D eigenvalue weighted by molar-refractivity contribution is 7.86. The van der Waals surface area contributed by atoms with Crippen LogP contribution in [0.2, 0.25) is 0 Å². The van der Waals surface area contributed by atoms with Gasteiger partial charge in [0.05, 0.1) is 0 Å².